The fourth-order valence-electron chi connectivity index (χ4n) is 2.57. The molecule has 6 heteroatoms. The van der Waals surface area contributed by atoms with E-state index in [1.165, 1.54) is 38.9 Å². The molecular weight excluding hydrogens is 391 g/mol. The number of hydrogen-bond donors (Lipinski definition) is 2. The van der Waals surface area contributed by atoms with E-state index < -0.39 is 0 Å². The van der Waals surface area contributed by atoms with E-state index in [9.17, 15) is 0 Å². The molecule has 5 nitrogen and oxygen atoms in total. The quantitative estimate of drug-likeness (QED) is 0.271. The van der Waals surface area contributed by atoms with Crippen LogP contribution in [0.2, 0.25) is 0 Å². The molecule has 0 aliphatic carbocycles. The molecule has 0 amide bonds. The van der Waals surface area contributed by atoms with E-state index in [2.05, 4.69) is 41.3 Å². The summed E-state index contributed by atoms with van der Waals surface area (Å²) in [7, 11) is 1.83. The van der Waals surface area contributed by atoms with Gasteiger partial charge in [0.05, 0.1) is 6.61 Å². The van der Waals surface area contributed by atoms with E-state index >= 15 is 0 Å². The Balaban J connectivity index is 0.00000441. The van der Waals surface area contributed by atoms with Crippen molar-refractivity contribution in [3.8, 4) is 0 Å². The van der Waals surface area contributed by atoms with Gasteiger partial charge in [0.1, 0.15) is 0 Å². The summed E-state index contributed by atoms with van der Waals surface area (Å²) in [5.74, 6) is 1.49. The summed E-state index contributed by atoms with van der Waals surface area (Å²) in [4.78, 5) is 6.85. The predicted molar refractivity (Wildman–Crippen MR) is 105 cm³/mol. The number of hydrogen-bond acceptors (Lipinski definition) is 3. The summed E-state index contributed by atoms with van der Waals surface area (Å²) in [6.07, 6.45) is 3.65. The number of guanidine groups is 1. The number of nitrogens with zero attached hydrogens (tertiary/aromatic N) is 2. The van der Waals surface area contributed by atoms with Crippen LogP contribution in [-0.2, 0) is 4.74 Å². The van der Waals surface area contributed by atoms with Crippen LogP contribution >= 0.6 is 24.0 Å². The van der Waals surface area contributed by atoms with Gasteiger partial charge in [-0.3, -0.25) is 4.99 Å². The van der Waals surface area contributed by atoms with Crippen LogP contribution in [0.3, 0.4) is 0 Å². The summed E-state index contributed by atoms with van der Waals surface area (Å²) in [6.45, 7) is 12.6. The molecule has 0 aromatic rings. The summed E-state index contributed by atoms with van der Waals surface area (Å²) >= 11 is 0. The molecule has 0 spiro atoms. The maximum atomic E-state index is 5.57. The van der Waals surface area contributed by atoms with Crippen molar-refractivity contribution >= 4 is 29.9 Å². The molecule has 0 bridgehead atoms. The molecule has 0 aromatic heterocycles. The Kier molecular flexibility index (Phi) is 13.3. The van der Waals surface area contributed by atoms with Gasteiger partial charge in [-0.1, -0.05) is 20.8 Å². The third kappa shape index (κ3) is 9.84. The summed E-state index contributed by atoms with van der Waals surface area (Å²) in [5, 5.41) is 6.85. The lowest BCUT2D eigenvalue weighted by molar-refractivity contribution is 0.114. The Labute approximate surface area is 153 Å². The lowest BCUT2D eigenvalue weighted by Crippen LogP contribution is -2.49. The highest BCUT2D eigenvalue weighted by Crippen LogP contribution is 2.10. The first kappa shape index (κ1) is 21.9. The van der Waals surface area contributed by atoms with Crippen LogP contribution in [0.4, 0.5) is 0 Å². The van der Waals surface area contributed by atoms with Crippen LogP contribution in [0.5, 0.6) is 0 Å². The monoisotopic (exact) mass is 426 g/mol. The van der Waals surface area contributed by atoms with Gasteiger partial charge in [-0.05, 0) is 31.7 Å². The molecule has 132 valence electrons. The molecule has 1 fully saturated rings. The Bertz CT molecular complexity index is 292. The zero-order valence-corrected chi connectivity index (χ0v) is 17.1. The van der Waals surface area contributed by atoms with Crippen molar-refractivity contribution in [2.75, 3.05) is 46.4 Å². The lowest BCUT2D eigenvalue weighted by atomic mass is 10.1. The number of likely N-dealkylation sites (tertiary alicyclic amines) is 1. The Morgan fingerprint density at radius 1 is 1.32 bits per heavy atom. The normalized spacial score (nSPS) is 17.4. The molecule has 1 aliphatic rings. The van der Waals surface area contributed by atoms with Crippen LogP contribution < -0.4 is 10.6 Å². The third-order valence-corrected chi connectivity index (χ3v) is 3.68. The van der Waals surface area contributed by atoms with Gasteiger partial charge < -0.3 is 20.3 Å². The minimum atomic E-state index is 0. The highest BCUT2D eigenvalue weighted by molar-refractivity contribution is 14.0. The number of aliphatic imine (C=N–C) groups is 1. The SMILES string of the molecule is CCCN1CCC(NC(=NC)NCCOCC(C)C)CC1.I. The standard InChI is InChI=1S/C16H34N4O.HI/c1-5-9-20-10-6-15(7-11-20)19-16(17-4)18-8-12-21-13-14(2)3;/h14-15H,5-13H2,1-4H3,(H2,17,18,19);1H. The molecule has 1 heterocycles. The highest BCUT2D eigenvalue weighted by Gasteiger charge is 2.19. The molecule has 0 saturated carbocycles. The number of ether oxygens (including phenoxy) is 1. The van der Waals surface area contributed by atoms with Gasteiger partial charge in [0.25, 0.3) is 0 Å². The van der Waals surface area contributed by atoms with Gasteiger partial charge in [0.2, 0.25) is 0 Å². The molecule has 0 aromatic carbocycles. The fraction of sp³-hybridized carbons (Fsp3) is 0.938. The zero-order valence-electron chi connectivity index (χ0n) is 14.7. The second-order valence-corrected chi connectivity index (χ2v) is 6.23. The molecule has 0 atom stereocenters. The van der Waals surface area contributed by atoms with Crippen molar-refractivity contribution in [1.29, 1.82) is 0 Å². The number of halogens is 1. The van der Waals surface area contributed by atoms with E-state index in [4.69, 9.17) is 4.74 Å². The number of rotatable bonds is 8. The van der Waals surface area contributed by atoms with Gasteiger partial charge in [0, 0.05) is 39.3 Å². The van der Waals surface area contributed by atoms with Crippen molar-refractivity contribution in [3.05, 3.63) is 0 Å². The van der Waals surface area contributed by atoms with Crippen molar-refractivity contribution in [2.45, 2.75) is 46.1 Å². The van der Waals surface area contributed by atoms with Crippen molar-refractivity contribution in [3.63, 3.8) is 0 Å². The second kappa shape index (κ2) is 13.4. The van der Waals surface area contributed by atoms with Crippen LogP contribution in [0, 0.1) is 5.92 Å². The van der Waals surface area contributed by atoms with E-state index in [0.29, 0.717) is 12.0 Å². The average molecular weight is 426 g/mol. The molecule has 1 aliphatic heterocycles. The minimum Gasteiger partial charge on any atom is -0.379 e. The van der Waals surface area contributed by atoms with E-state index in [1.807, 2.05) is 7.05 Å². The lowest BCUT2D eigenvalue weighted by Gasteiger charge is -2.32. The van der Waals surface area contributed by atoms with Crippen LogP contribution in [0.25, 0.3) is 0 Å². The van der Waals surface area contributed by atoms with Crippen molar-refractivity contribution in [2.24, 2.45) is 10.9 Å². The molecule has 0 unspecified atom stereocenters. The van der Waals surface area contributed by atoms with Crippen LogP contribution in [-0.4, -0.2) is 63.3 Å². The molecule has 1 saturated heterocycles. The van der Waals surface area contributed by atoms with Gasteiger partial charge in [-0.25, -0.2) is 0 Å². The highest BCUT2D eigenvalue weighted by atomic mass is 127. The minimum absolute atomic E-state index is 0. The molecule has 22 heavy (non-hydrogen) atoms. The largest absolute Gasteiger partial charge is 0.379 e. The van der Waals surface area contributed by atoms with Gasteiger partial charge >= 0.3 is 0 Å². The third-order valence-electron chi connectivity index (χ3n) is 3.68. The van der Waals surface area contributed by atoms with Crippen LogP contribution in [0.1, 0.15) is 40.0 Å². The maximum absolute atomic E-state index is 5.57. The maximum Gasteiger partial charge on any atom is 0.191 e. The predicted octanol–water partition coefficient (Wildman–Crippen LogP) is 2.32. The Morgan fingerprint density at radius 3 is 2.55 bits per heavy atom. The molecule has 1 rings (SSSR count). The van der Waals surface area contributed by atoms with Crippen molar-refractivity contribution < 1.29 is 4.74 Å². The smallest absolute Gasteiger partial charge is 0.191 e. The van der Waals surface area contributed by atoms with E-state index in [-0.39, 0.29) is 24.0 Å². The van der Waals surface area contributed by atoms with Crippen molar-refractivity contribution in [1.82, 2.24) is 15.5 Å². The molecule has 2 N–H and O–H groups in total. The summed E-state index contributed by atoms with van der Waals surface area (Å²) < 4.78 is 5.57. The Hall–Kier alpha value is -0.0800. The first-order valence-corrected chi connectivity index (χ1v) is 8.43. The van der Waals surface area contributed by atoms with Gasteiger partial charge in [-0.15, -0.1) is 24.0 Å². The van der Waals surface area contributed by atoms with Gasteiger partial charge in [0.15, 0.2) is 5.96 Å². The van der Waals surface area contributed by atoms with E-state index in [0.717, 1.165) is 25.7 Å². The summed E-state index contributed by atoms with van der Waals surface area (Å²) in [5.41, 5.74) is 0. The molecular formula is C16H35IN4O. The second-order valence-electron chi connectivity index (χ2n) is 6.23. The average Bonchev–Trinajstić information content (AvgIpc) is 2.47. The van der Waals surface area contributed by atoms with E-state index in [1.54, 1.807) is 0 Å². The summed E-state index contributed by atoms with van der Waals surface area (Å²) in [6, 6.07) is 0.542. The first-order valence-electron chi connectivity index (χ1n) is 8.43. The van der Waals surface area contributed by atoms with Crippen LogP contribution in [0.15, 0.2) is 4.99 Å². The first-order chi connectivity index (χ1) is 10.2. The number of nitrogens with one attached hydrogen (secondary N) is 2. The number of piperidine rings is 1. The molecule has 0 radical (unpaired) electrons. The topological polar surface area (TPSA) is 48.9 Å². The van der Waals surface area contributed by atoms with Gasteiger partial charge in [-0.2, -0.15) is 0 Å². The zero-order chi connectivity index (χ0) is 15.5. The fourth-order valence-corrected chi connectivity index (χ4v) is 2.57. The Morgan fingerprint density at radius 2 is 2.00 bits per heavy atom.